The number of likely N-dealkylation sites (tertiary alicyclic amines) is 1. The highest BCUT2D eigenvalue weighted by molar-refractivity contribution is 5.73. The summed E-state index contributed by atoms with van der Waals surface area (Å²) in [5, 5.41) is 19.6. The summed E-state index contributed by atoms with van der Waals surface area (Å²) in [5.41, 5.74) is 0.0312. The van der Waals surface area contributed by atoms with Gasteiger partial charge in [0.2, 0.25) is 0 Å². The molecule has 1 aromatic carbocycles. The largest absolute Gasteiger partial charge is 0.494 e. The van der Waals surface area contributed by atoms with Crippen molar-refractivity contribution >= 4 is 11.7 Å². The topological polar surface area (TPSA) is 92.9 Å². The molecular formula is C14H18N2O5. The first-order chi connectivity index (χ1) is 10.1. The van der Waals surface area contributed by atoms with Gasteiger partial charge in [0.05, 0.1) is 11.5 Å². The molecule has 0 amide bonds. The Kier molecular flexibility index (Phi) is 5.10. The smallest absolute Gasteiger partial charge is 0.320 e. The van der Waals surface area contributed by atoms with Gasteiger partial charge < -0.3 is 9.84 Å². The SMILES string of the molecule is O=C(O)C1CCCN1CCCOc1ccc([N+](=O)[O-])cc1. The van der Waals surface area contributed by atoms with Gasteiger partial charge in [-0.1, -0.05) is 0 Å². The fourth-order valence-electron chi connectivity index (χ4n) is 2.50. The molecule has 1 atom stereocenters. The van der Waals surface area contributed by atoms with Crippen molar-refractivity contribution in [1.82, 2.24) is 4.90 Å². The van der Waals surface area contributed by atoms with Crippen LogP contribution in [-0.2, 0) is 4.79 Å². The molecule has 0 saturated carbocycles. The quantitative estimate of drug-likeness (QED) is 0.469. The molecule has 7 heteroatoms. The van der Waals surface area contributed by atoms with Crippen LogP contribution in [0.4, 0.5) is 5.69 Å². The van der Waals surface area contributed by atoms with Crippen LogP contribution in [0.25, 0.3) is 0 Å². The maximum Gasteiger partial charge on any atom is 0.320 e. The third kappa shape index (κ3) is 4.16. The van der Waals surface area contributed by atoms with E-state index in [4.69, 9.17) is 9.84 Å². The summed E-state index contributed by atoms with van der Waals surface area (Å²) >= 11 is 0. The number of rotatable bonds is 7. The van der Waals surface area contributed by atoms with Gasteiger partial charge in [-0.05, 0) is 37.9 Å². The number of hydrogen-bond donors (Lipinski definition) is 1. The molecule has 0 bridgehead atoms. The van der Waals surface area contributed by atoms with E-state index in [2.05, 4.69) is 0 Å². The van der Waals surface area contributed by atoms with Gasteiger partial charge in [0.15, 0.2) is 0 Å². The Hall–Kier alpha value is -2.15. The van der Waals surface area contributed by atoms with Crippen LogP contribution in [0.5, 0.6) is 5.75 Å². The maximum atomic E-state index is 11.0. The van der Waals surface area contributed by atoms with E-state index in [9.17, 15) is 14.9 Å². The van der Waals surface area contributed by atoms with Gasteiger partial charge in [-0.25, -0.2) is 0 Å². The van der Waals surface area contributed by atoms with Gasteiger partial charge in [-0.15, -0.1) is 0 Å². The molecule has 7 nitrogen and oxygen atoms in total. The van der Waals surface area contributed by atoms with Gasteiger partial charge in [0, 0.05) is 18.7 Å². The third-order valence-corrected chi connectivity index (χ3v) is 3.55. The molecule has 0 radical (unpaired) electrons. The fraction of sp³-hybridized carbons (Fsp3) is 0.500. The first-order valence-corrected chi connectivity index (χ1v) is 6.92. The van der Waals surface area contributed by atoms with Crippen molar-refractivity contribution in [2.45, 2.75) is 25.3 Å². The maximum absolute atomic E-state index is 11.0. The van der Waals surface area contributed by atoms with Gasteiger partial charge >= 0.3 is 5.97 Å². The minimum Gasteiger partial charge on any atom is -0.494 e. The molecule has 1 fully saturated rings. The number of aliphatic carboxylic acids is 1. The van der Waals surface area contributed by atoms with E-state index in [1.807, 2.05) is 4.90 Å². The molecule has 21 heavy (non-hydrogen) atoms. The lowest BCUT2D eigenvalue weighted by molar-refractivity contribution is -0.384. The molecular weight excluding hydrogens is 276 g/mol. The number of nitro groups is 1. The Labute approximate surface area is 122 Å². The molecule has 1 N–H and O–H groups in total. The summed E-state index contributed by atoms with van der Waals surface area (Å²) in [6.07, 6.45) is 2.35. The Morgan fingerprint density at radius 1 is 1.43 bits per heavy atom. The number of hydrogen-bond acceptors (Lipinski definition) is 5. The molecule has 1 heterocycles. The zero-order chi connectivity index (χ0) is 15.2. The zero-order valence-electron chi connectivity index (χ0n) is 11.6. The molecule has 0 spiro atoms. The minimum atomic E-state index is -0.760. The Morgan fingerprint density at radius 3 is 2.76 bits per heavy atom. The van der Waals surface area contributed by atoms with Crippen LogP contribution in [0.15, 0.2) is 24.3 Å². The molecule has 1 aliphatic rings. The van der Waals surface area contributed by atoms with E-state index in [-0.39, 0.29) is 11.7 Å². The van der Waals surface area contributed by atoms with Gasteiger partial charge in [-0.3, -0.25) is 19.8 Å². The zero-order valence-corrected chi connectivity index (χ0v) is 11.6. The number of nitrogens with zero attached hydrogens (tertiary/aromatic N) is 2. The first kappa shape index (κ1) is 15.2. The summed E-state index contributed by atoms with van der Waals surface area (Å²) in [7, 11) is 0. The highest BCUT2D eigenvalue weighted by Crippen LogP contribution is 2.19. The van der Waals surface area contributed by atoms with Crippen molar-refractivity contribution in [2.75, 3.05) is 19.7 Å². The Bertz CT molecular complexity index is 503. The number of carboxylic acid groups (broad SMARTS) is 1. The summed E-state index contributed by atoms with van der Waals surface area (Å²) in [6, 6.07) is 5.55. The predicted octanol–water partition coefficient (Wildman–Crippen LogP) is 1.91. The van der Waals surface area contributed by atoms with Gasteiger partial charge in [0.25, 0.3) is 5.69 Å². The van der Waals surface area contributed by atoms with Crippen LogP contribution in [0.1, 0.15) is 19.3 Å². The first-order valence-electron chi connectivity index (χ1n) is 6.92. The Morgan fingerprint density at radius 2 is 2.14 bits per heavy atom. The average Bonchev–Trinajstić information content (AvgIpc) is 2.92. The second-order valence-electron chi connectivity index (χ2n) is 4.99. The van der Waals surface area contributed by atoms with Gasteiger partial charge in [-0.2, -0.15) is 0 Å². The van der Waals surface area contributed by atoms with Crippen LogP contribution in [0.2, 0.25) is 0 Å². The van der Waals surface area contributed by atoms with Crippen LogP contribution < -0.4 is 4.74 Å². The van der Waals surface area contributed by atoms with Crippen molar-refractivity contribution < 1.29 is 19.6 Å². The normalized spacial score (nSPS) is 18.6. The van der Waals surface area contributed by atoms with Crippen LogP contribution >= 0.6 is 0 Å². The number of nitro benzene ring substituents is 1. The lowest BCUT2D eigenvalue weighted by atomic mass is 10.2. The summed E-state index contributed by atoms with van der Waals surface area (Å²) in [6.45, 7) is 1.96. The van der Waals surface area contributed by atoms with Crippen LogP contribution in [0.3, 0.4) is 0 Å². The molecule has 114 valence electrons. The molecule has 1 unspecified atom stereocenters. The van der Waals surface area contributed by atoms with E-state index in [1.165, 1.54) is 12.1 Å². The van der Waals surface area contributed by atoms with Crippen molar-refractivity contribution in [3.63, 3.8) is 0 Å². The second kappa shape index (κ2) is 7.03. The molecule has 0 aliphatic carbocycles. The lowest BCUT2D eigenvalue weighted by Gasteiger charge is -2.20. The Balaban J connectivity index is 1.72. The number of carboxylic acids is 1. The van der Waals surface area contributed by atoms with E-state index < -0.39 is 10.9 Å². The predicted molar refractivity (Wildman–Crippen MR) is 75.4 cm³/mol. The lowest BCUT2D eigenvalue weighted by Crippen LogP contribution is -2.36. The highest BCUT2D eigenvalue weighted by Gasteiger charge is 2.29. The fourth-order valence-corrected chi connectivity index (χ4v) is 2.50. The van der Waals surface area contributed by atoms with E-state index in [0.717, 1.165) is 19.4 Å². The number of non-ortho nitro benzene ring substituents is 1. The monoisotopic (exact) mass is 294 g/mol. The number of benzene rings is 1. The molecule has 1 aliphatic heterocycles. The highest BCUT2D eigenvalue weighted by atomic mass is 16.6. The summed E-state index contributed by atoms with van der Waals surface area (Å²) < 4.78 is 5.50. The number of ether oxygens (including phenoxy) is 1. The van der Waals surface area contributed by atoms with Crippen LogP contribution in [0, 0.1) is 10.1 Å². The summed E-state index contributed by atoms with van der Waals surface area (Å²) in [4.78, 5) is 23.0. The van der Waals surface area contributed by atoms with Crippen molar-refractivity contribution in [3.8, 4) is 5.75 Å². The van der Waals surface area contributed by atoms with Crippen LogP contribution in [-0.4, -0.2) is 46.6 Å². The molecule has 2 rings (SSSR count). The number of carbonyl (C=O) groups is 1. The third-order valence-electron chi connectivity index (χ3n) is 3.55. The minimum absolute atomic E-state index is 0.0312. The average molecular weight is 294 g/mol. The van der Waals surface area contributed by atoms with E-state index >= 15 is 0 Å². The van der Waals surface area contributed by atoms with E-state index in [1.54, 1.807) is 12.1 Å². The molecule has 1 aromatic rings. The second-order valence-corrected chi connectivity index (χ2v) is 4.99. The van der Waals surface area contributed by atoms with Crippen molar-refractivity contribution in [1.29, 1.82) is 0 Å². The van der Waals surface area contributed by atoms with Gasteiger partial charge in [0.1, 0.15) is 11.8 Å². The van der Waals surface area contributed by atoms with Crippen molar-refractivity contribution in [2.24, 2.45) is 0 Å². The molecule has 0 aromatic heterocycles. The van der Waals surface area contributed by atoms with Crippen molar-refractivity contribution in [3.05, 3.63) is 34.4 Å². The van der Waals surface area contributed by atoms with E-state index in [0.29, 0.717) is 25.3 Å². The molecule has 1 saturated heterocycles. The summed E-state index contributed by atoms with van der Waals surface area (Å²) in [5.74, 6) is -0.180. The standard InChI is InChI=1S/C14H18N2O5/c17-14(18)13-3-1-8-15(13)9-2-10-21-12-6-4-11(5-7-12)16(19)20/h4-7,13H,1-3,8-10H2,(H,17,18).